The quantitative estimate of drug-likeness (QED) is 0.589. The molecule has 1 rings (SSSR count). The van der Waals surface area contributed by atoms with Gasteiger partial charge in [-0.15, -0.1) is 0 Å². The van der Waals surface area contributed by atoms with Crippen LogP contribution < -0.4 is 10.5 Å². The van der Waals surface area contributed by atoms with Crippen molar-refractivity contribution in [3.05, 3.63) is 34.1 Å². The zero-order chi connectivity index (χ0) is 15.6. The lowest BCUT2D eigenvalue weighted by Gasteiger charge is -2.14. The van der Waals surface area contributed by atoms with Gasteiger partial charge in [0.2, 0.25) is 15.8 Å². The van der Waals surface area contributed by atoms with E-state index in [9.17, 15) is 31.7 Å². The van der Waals surface area contributed by atoms with Crippen LogP contribution in [0.4, 0.5) is 18.9 Å². The number of hydrogen-bond donors (Lipinski definition) is 2. The van der Waals surface area contributed by atoms with Crippen LogP contribution in [0.2, 0.25) is 0 Å². The standard InChI is InChI=1S/C9H10F3N3O4S/c10-6-2-1-3-7(8(6)15(16)17)20(18,19)14-5-9(11,12)4-13/h1-3,14H,4-5,13H2. The molecule has 0 radical (unpaired) electrons. The van der Waals surface area contributed by atoms with Gasteiger partial charge in [-0.2, -0.15) is 4.39 Å². The van der Waals surface area contributed by atoms with Crippen LogP contribution in [0.5, 0.6) is 0 Å². The Balaban J connectivity index is 3.17. The molecular formula is C9H10F3N3O4S. The molecule has 0 fully saturated rings. The van der Waals surface area contributed by atoms with Crippen molar-refractivity contribution in [2.24, 2.45) is 5.73 Å². The van der Waals surface area contributed by atoms with Crippen LogP contribution in [-0.4, -0.2) is 32.4 Å². The van der Waals surface area contributed by atoms with E-state index in [4.69, 9.17) is 5.73 Å². The van der Waals surface area contributed by atoms with Crippen molar-refractivity contribution >= 4 is 15.7 Å². The number of nitrogens with two attached hydrogens (primary N) is 1. The van der Waals surface area contributed by atoms with Crippen molar-refractivity contribution in [2.75, 3.05) is 13.1 Å². The molecule has 112 valence electrons. The molecule has 0 heterocycles. The SMILES string of the molecule is NCC(F)(F)CNS(=O)(=O)c1cccc(F)c1[N+](=O)[O-]. The number of benzene rings is 1. The highest BCUT2D eigenvalue weighted by molar-refractivity contribution is 7.89. The largest absolute Gasteiger partial charge is 0.325 e. The van der Waals surface area contributed by atoms with E-state index in [2.05, 4.69) is 0 Å². The van der Waals surface area contributed by atoms with Crippen molar-refractivity contribution in [2.45, 2.75) is 10.8 Å². The first-order chi connectivity index (χ1) is 9.10. The van der Waals surface area contributed by atoms with Crippen LogP contribution in [0.15, 0.2) is 23.1 Å². The topological polar surface area (TPSA) is 115 Å². The third-order valence-corrected chi connectivity index (χ3v) is 3.67. The zero-order valence-electron chi connectivity index (χ0n) is 9.85. The van der Waals surface area contributed by atoms with Crippen molar-refractivity contribution in [3.63, 3.8) is 0 Å². The van der Waals surface area contributed by atoms with E-state index in [0.29, 0.717) is 6.07 Å². The number of nitro benzene ring substituents is 1. The third kappa shape index (κ3) is 3.65. The monoisotopic (exact) mass is 313 g/mol. The smallest absolute Gasteiger partial charge is 0.324 e. The molecule has 0 spiro atoms. The van der Waals surface area contributed by atoms with E-state index < -0.39 is 50.4 Å². The summed E-state index contributed by atoms with van der Waals surface area (Å²) in [6.45, 7) is -2.46. The number of sulfonamides is 1. The third-order valence-electron chi connectivity index (χ3n) is 2.24. The minimum Gasteiger partial charge on any atom is -0.325 e. The molecule has 0 saturated heterocycles. The molecule has 0 atom stereocenters. The Morgan fingerprint density at radius 1 is 1.40 bits per heavy atom. The number of nitrogens with zero attached hydrogens (tertiary/aromatic N) is 1. The van der Waals surface area contributed by atoms with Gasteiger partial charge >= 0.3 is 5.69 Å². The fraction of sp³-hybridized carbons (Fsp3) is 0.333. The summed E-state index contributed by atoms with van der Waals surface area (Å²) >= 11 is 0. The summed E-state index contributed by atoms with van der Waals surface area (Å²) in [6.07, 6.45) is 0. The molecule has 0 bridgehead atoms. The van der Waals surface area contributed by atoms with E-state index in [-0.39, 0.29) is 0 Å². The highest BCUT2D eigenvalue weighted by atomic mass is 32.2. The van der Waals surface area contributed by atoms with Crippen LogP contribution in [0, 0.1) is 15.9 Å². The van der Waals surface area contributed by atoms with Gasteiger partial charge in [0.25, 0.3) is 5.92 Å². The van der Waals surface area contributed by atoms with Crippen molar-refractivity contribution in [1.82, 2.24) is 4.72 Å². The summed E-state index contributed by atoms with van der Waals surface area (Å²) in [7, 11) is -4.67. The van der Waals surface area contributed by atoms with Gasteiger partial charge in [-0.25, -0.2) is 21.9 Å². The van der Waals surface area contributed by atoms with Crippen LogP contribution in [0.1, 0.15) is 0 Å². The summed E-state index contributed by atoms with van der Waals surface area (Å²) in [5.41, 5.74) is 3.41. The first-order valence-electron chi connectivity index (χ1n) is 5.11. The fourth-order valence-corrected chi connectivity index (χ4v) is 2.48. The zero-order valence-corrected chi connectivity index (χ0v) is 10.7. The van der Waals surface area contributed by atoms with Gasteiger partial charge in [0.15, 0.2) is 4.90 Å². The van der Waals surface area contributed by atoms with E-state index in [1.54, 1.807) is 0 Å². The lowest BCUT2D eigenvalue weighted by molar-refractivity contribution is -0.390. The Morgan fingerprint density at radius 3 is 2.50 bits per heavy atom. The Hall–Kier alpha value is -1.72. The molecule has 0 amide bonds. The second-order valence-corrected chi connectivity index (χ2v) is 5.46. The molecule has 0 aliphatic carbocycles. The first-order valence-corrected chi connectivity index (χ1v) is 6.59. The Labute approximate surface area is 111 Å². The number of nitro groups is 1. The molecule has 20 heavy (non-hydrogen) atoms. The van der Waals surface area contributed by atoms with Gasteiger partial charge in [-0.05, 0) is 12.1 Å². The maximum absolute atomic E-state index is 13.3. The average molecular weight is 313 g/mol. The molecular weight excluding hydrogens is 303 g/mol. The number of para-hydroxylation sites is 1. The Morgan fingerprint density at radius 2 is 2.00 bits per heavy atom. The molecule has 0 aliphatic heterocycles. The number of rotatable bonds is 6. The Kier molecular flexibility index (Phi) is 4.68. The predicted molar refractivity (Wildman–Crippen MR) is 62.2 cm³/mol. The lowest BCUT2D eigenvalue weighted by atomic mass is 10.3. The normalized spacial score (nSPS) is 12.4. The van der Waals surface area contributed by atoms with Crippen LogP contribution >= 0.6 is 0 Å². The maximum atomic E-state index is 13.3. The minimum absolute atomic E-state index is 0.686. The summed E-state index contributed by atoms with van der Waals surface area (Å²) in [5.74, 6) is -4.90. The molecule has 0 saturated carbocycles. The lowest BCUT2D eigenvalue weighted by Crippen LogP contribution is -2.41. The van der Waals surface area contributed by atoms with E-state index >= 15 is 0 Å². The molecule has 0 aromatic heterocycles. The highest BCUT2D eigenvalue weighted by Crippen LogP contribution is 2.26. The van der Waals surface area contributed by atoms with Crippen LogP contribution in [0.3, 0.4) is 0 Å². The highest BCUT2D eigenvalue weighted by Gasteiger charge is 2.33. The second kappa shape index (κ2) is 5.73. The van der Waals surface area contributed by atoms with E-state index in [1.165, 1.54) is 4.72 Å². The molecule has 1 aromatic carbocycles. The van der Waals surface area contributed by atoms with Gasteiger partial charge in [0.05, 0.1) is 18.0 Å². The van der Waals surface area contributed by atoms with Crippen molar-refractivity contribution in [3.8, 4) is 0 Å². The number of halogens is 3. The van der Waals surface area contributed by atoms with Crippen molar-refractivity contribution < 1.29 is 26.5 Å². The molecule has 1 aromatic rings. The van der Waals surface area contributed by atoms with Crippen LogP contribution in [-0.2, 0) is 10.0 Å². The van der Waals surface area contributed by atoms with Gasteiger partial charge in [0, 0.05) is 0 Å². The molecule has 11 heteroatoms. The summed E-state index contributed by atoms with van der Waals surface area (Å²) in [4.78, 5) is 8.37. The molecule has 3 N–H and O–H groups in total. The minimum atomic E-state index is -4.67. The molecule has 0 unspecified atom stereocenters. The van der Waals surface area contributed by atoms with Crippen LogP contribution in [0.25, 0.3) is 0 Å². The fourth-order valence-electron chi connectivity index (χ4n) is 1.24. The summed E-state index contributed by atoms with van der Waals surface area (Å²) in [5, 5.41) is 10.7. The van der Waals surface area contributed by atoms with Crippen molar-refractivity contribution in [1.29, 1.82) is 0 Å². The summed E-state index contributed by atoms with van der Waals surface area (Å²) in [6, 6.07) is 2.34. The first kappa shape index (κ1) is 16.3. The van der Waals surface area contributed by atoms with E-state index in [1.807, 2.05) is 0 Å². The predicted octanol–water partition coefficient (Wildman–Crippen LogP) is 0.606. The van der Waals surface area contributed by atoms with Gasteiger partial charge < -0.3 is 5.73 Å². The molecule has 0 aliphatic rings. The molecule has 7 nitrogen and oxygen atoms in total. The average Bonchev–Trinajstić information content (AvgIpc) is 2.36. The van der Waals surface area contributed by atoms with Gasteiger partial charge in [0.1, 0.15) is 0 Å². The van der Waals surface area contributed by atoms with Gasteiger partial charge in [-0.1, -0.05) is 6.07 Å². The van der Waals surface area contributed by atoms with E-state index in [0.717, 1.165) is 12.1 Å². The number of nitrogens with one attached hydrogen (secondary N) is 1. The Bertz CT molecular complexity index is 621. The number of hydrogen-bond acceptors (Lipinski definition) is 5. The second-order valence-electron chi connectivity index (χ2n) is 3.73. The maximum Gasteiger partial charge on any atom is 0.324 e. The number of alkyl halides is 2. The summed E-state index contributed by atoms with van der Waals surface area (Å²) < 4.78 is 63.9. The van der Waals surface area contributed by atoms with Gasteiger partial charge in [-0.3, -0.25) is 10.1 Å².